The molecule has 0 saturated heterocycles. The highest BCUT2D eigenvalue weighted by atomic mass is 35.5. The zero-order valence-corrected chi connectivity index (χ0v) is 17.5. The molecule has 0 radical (unpaired) electrons. The smallest absolute Gasteiger partial charge is 0.253 e. The lowest BCUT2D eigenvalue weighted by atomic mass is 10.0. The molecule has 0 fully saturated rings. The molecule has 0 aliphatic heterocycles. The first kappa shape index (κ1) is 22.7. The van der Waals surface area contributed by atoms with Gasteiger partial charge in [-0.15, -0.1) is 0 Å². The van der Waals surface area contributed by atoms with Gasteiger partial charge in [-0.2, -0.15) is 0 Å². The van der Waals surface area contributed by atoms with Gasteiger partial charge in [0.2, 0.25) is 5.91 Å². The first-order chi connectivity index (χ1) is 12.3. The molecule has 0 aromatic heterocycles. The number of carbonyl (C=O) groups excluding carboxylic acids is 2. The number of hydrogen-bond acceptors (Lipinski definition) is 3. The maximum atomic E-state index is 12.5. The summed E-state index contributed by atoms with van der Waals surface area (Å²) in [5.41, 5.74) is 0.306. The van der Waals surface area contributed by atoms with Gasteiger partial charge in [-0.25, -0.2) is 0 Å². The topological polar surface area (TPSA) is 61.4 Å². The Hall–Kier alpha value is -1.30. The largest absolute Gasteiger partial charge is 0.353 e. The maximum absolute atomic E-state index is 12.5. The van der Waals surface area contributed by atoms with Gasteiger partial charge < -0.3 is 15.5 Å². The Bertz CT molecular complexity index is 604. The van der Waals surface area contributed by atoms with Crippen molar-refractivity contribution in [3.63, 3.8) is 0 Å². The number of benzene rings is 1. The van der Waals surface area contributed by atoms with Crippen LogP contribution in [0.25, 0.3) is 0 Å². The van der Waals surface area contributed by atoms with Crippen LogP contribution in [0.4, 0.5) is 0 Å². The fraction of sp³-hybridized carbons (Fsp3) is 0.579. The Labute approximate surface area is 166 Å². The molecule has 1 atom stereocenters. The van der Waals surface area contributed by atoms with Crippen molar-refractivity contribution in [2.45, 2.75) is 40.2 Å². The molecule has 7 heteroatoms. The highest BCUT2D eigenvalue weighted by Crippen LogP contribution is 2.21. The summed E-state index contributed by atoms with van der Waals surface area (Å²) in [6, 6.07) is 4.07. The number of hydrogen-bond donors (Lipinski definition) is 2. The third-order valence-electron chi connectivity index (χ3n) is 4.13. The lowest BCUT2D eigenvalue weighted by Gasteiger charge is -2.22. The third kappa shape index (κ3) is 7.52. The van der Waals surface area contributed by atoms with Crippen LogP contribution in [-0.2, 0) is 4.79 Å². The molecular weight excluding hydrogens is 373 g/mol. The monoisotopic (exact) mass is 401 g/mol. The Morgan fingerprint density at radius 1 is 1.15 bits per heavy atom. The van der Waals surface area contributed by atoms with Crippen LogP contribution in [0.5, 0.6) is 0 Å². The summed E-state index contributed by atoms with van der Waals surface area (Å²) in [5, 5.41) is 6.44. The van der Waals surface area contributed by atoms with Crippen molar-refractivity contribution in [3.8, 4) is 0 Å². The van der Waals surface area contributed by atoms with Crippen LogP contribution < -0.4 is 10.6 Å². The van der Waals surface area contributed by atoms with Crippen LogP contribution in [0.3, 0.4) is 0 Å². The van der Waals surface area contributed by atoms with Crippen LogP contribution in [-0.4, -0.2) is 48.9 Å². The van der Waals surface area contributed by atoms with Crippen molar-refractivity contribution < 1.29 is 9.59 Å². The van der Waals surface area contributed by atoms with Gasteiger partial charge in [0.1, 0.15) is 6.04 Å². The number of halogens is 2. The molecule has 1 aromatic rings. The molecule has 2 N–H and O–H groups in total. The van der Waals surface area contributed by atoms with Gasteiger partial charge >= 0.3 is 0 Å². The number of nitrogens with one attached hydrogen (secondary N) is 2. The molecule has 5 nitrogen and oxygen atoms in total. The molecule has 2 amide bonds. The minimum absolute atomic E-state index is 0.177. The van der Waals surface area contributed by atoms with Gasteiger partial charge in [-0.1, -0.05) is 50.9 Å². The third-order valence-corrected chi connectivity index (χ3v) is 4.67. The predicted molar refractivity (Wildman–Crippen MR) is 108 cm³/mol. The fourth-order valence-electron chi connectivity index (χ4n) is 2.61. The number of carbonyl (C=O) groups is 2. The Morgan fingerprint density at radius 3 is 2.35 bits per heavy atom. The average Bonchev–Trinajstić information content (AvgIpc) is 2.57. The molecule has 0 saturated carbocycles. The van der Waals surface area contributed by atoms with E-state index in [9.17, 15) is 9.59 Å². The lowest BCUT2D eigenvalue weighted by Crippen LogP contribution is -2.48. The van der Waals surface area contributed by atoms with E-state index in [1.807, 2.05) is 13.8 Å². The average molecular weight is 402 g/mol. The van der Waals surface area contributed by atoms with E-state index in [1.165, 1.54) is 6.07 Å². The normalized spacial score (nSPS) is 12.3. The SMILES string of the molecule is CCN(CC)CCNC(=O)[C@@H](CC(C)C)NC(=O)c1ccc(Cl)cc1Cl. The zero-order chi connectivity index (χ0) is 19.7. The van der Waals surface area contributed by atoms with Gasteiger partial charge in [0.15, 0.2) is 0 Å². The number of likely N-dealkylation sites (N-methyl/N-ethyl adjacent to an activating group) is 1. The van der Waals surface area contributed by atoms with Crippen molar-refractivity contribution >= 4 is 35.0 Å². The van der Waals surface area contributed by atoms with Crippen LogP contribution in [0, 0.1) is 5.92 Å². The minimum Gasteiger partial charge on any atom is -0.353 e. The van der Waals surface area contributed by atoms with Crippen molar-refractivity contribution in [2.24, 2.45) is 5.92 Å². The molecule has 0 aliphatic carbocycles. The molecule has 26 heavy (non-hydrogen) atoms. The lowest BCUT2D eigenvalue weighted by molar-refractivity contribution is -0.123. The molecule has 0 unspecified atom stereocenters. The summed E-state index contributed by atoms with van der Waals surface area (Å²) in [4.78, 5) is 27.3. The van der Waals surface area contributed by atoms with Crippen LogP contribution in [0.1, 0.15) is 44.5 Å². The van der Waals surface area contributed by atoms with E-state index in [-0.39, 0.29) is 22.8 Å². The summed E-state index contributed by atoms with van der Waals surface area (Å²) in [6.07, 6.45) is 0.550. The van der Waals surface area contributed by atoms with Crippen molar-refractivity contribution in [3.05, 3.63) is 33.8 Å². The molecule has 0 spiro atoms. The van der Waals surface area contributed by atoms with E-state index in [1.54, 1.807) is 12.1 Å². The van der Waals surface area contributed by atoms with Gasteiger partial charge in [0.05, 0.1) is 10.6 Å². The predicted octanol–water partition coefficient (Wildman–Crippen LogP) is 3.60. The van der Waals surface area contributed by atoms with Gasteiger partial charge in [0, 0.05) is 18.1 Å². The van der Waals surface area contributed by atoms with Crippen LogP contribution in [0.2, 0.25) is 10.0 Å². The fourth-order valence-corrected chi connectivity index (χ4v) is 3.11. The van der Waals surface area contributed by atoms with Crippen molar-refractivity contribution in [1.29, 1.82) is 0 Å². The molecular formula is C19H29Cl2N3O2. The Kier molecular flexibility index (Phi) is 9.99. The molecule has 1 rings (SSSR count). The quantitative estimate of drug-likeness (QED) is 0.629. The summed E-state index contributed by atoms with van der Waals surface area (Å²) < 4.78 is 0. The molecule has 0 heterocycles. The first-order valence-electron chi connectivity index (χ1n) is 9.04. The van der Waals surface area contributed by atoms with Crippen LogP contribution >= 0.6 is 23.2 Å². The van der Waals surface area contributed by atoms with Crippen molar-refractivity contribution in [2.75, 3.05) is 26.2 Å². The van der Waals surface area contributed by atoms with Gasteiger partial charge in [-0.3, -0.25) is 9.59 Å². The maximum Gasteiger partial charge on any atom is 0.253 e. The minimum atomic E-state index is -0.606. The van der Waals surface area contributed by atoms with E-state index in [0.717, 1.165) is 19.6 Å². The number of amides is 2. The Morgan fingerprint density at radius 2 is 1.81 bits per heavy atom. The first-order valence-corrected chi connectivity index (χ1v) is 9.80. The van der Waals surface area contributed by atoms with Crippen LogP contribution in [0.15, 0.2) is 18.2 Å². The summed E-state index contributed by atoms with van der Waals surface area (Å²) in [5.74, 6) is -0.296. The summed E-state index contributed by atoms with van der Waals surface area (Å²) in [7, 11) is 0. The second kappa shape index (κ2) is 11.4. The highest BCUT2D eigenvalue weighted by molar-refractivity contribution is 6.36. The second-order valence-corrected chi connectivity index (χ2v) is 7.44. The highest BCUT2D eigenvalue weighted by Gasteiger charge is 2.23. The Balaban J connectivity index is 2.73. The van der Waals surface area contributed by atoms with Gasteiger partial charge in [0.25, 0.3) is 5.91 Å². The molecule has 0 bridgehead atoms. The molecule has 146 valence electrons. The van der Waals surface area contributed by atoms with Crippen molar-refractivity contribution in [1.82, 2.24) is 15.5 Å². The van der Waals surface area contributed by atoms with Gasteiger partial charge in [-0.05, 0) is 43.6 Å². The van der Waals surface area contributed by atoms with E-state index >= 15 is 0 Å². The summed E-state index contributed by atoms with van der Waals surface area (Å²) in [6.45, 7) is 11.4. The van der Waals surface area contributed by atoms with E-state index < -0.39 is 6.04 Å². The number of rotatable bonds is 10. The second-order valence-electron chi connectivity index (χ2n) is 6.60. The van der Waals surface area contributed by atoms with E-state index in [2.05, 4.69) is 29.4 Å². The summed E-state index contributed by atoms with van der Waals surface area (Å²) >= 11 is 12.0. The number of nitrogens with zero attached hydrogens (tertiary/aromatic N) is 1. The zero-order valence-electron chi connectivity index (χ0n) is 15.9. The molecule has 1 aromatic carbocycles. The molecule has 0 aliphatic rings. The standard InChI is InChI=1S/C19H29Cl2N3O2/c1-5-24(6-2)10-9-22-19(26)17(11-13(3)4)23-18(25)15-8-7-14(20)12-16(15)21/h7-8,12-13,17H,5-6,9-11H2,1-4H3,(H,22,26)(H,23,25)/t17-/m1/s1. The van der Waals surface area contributed by atoms with E-state index in [0.29, 0.717) is 23.6 Å². The van der Waals surface area contributed by atoms with E-state index in [4.69, 9.17) is 23.2 Å².